The zero-order valence-electron chi connectivity index (χ0n) is 31.5. The van der Waals surface area contributed by atoms with Gasteiger partial charge in [0.15, 0.2) is 0 Å². The third-order valence-corrected chi connectivity index (χ3v) is 12.4. The lowest BCUT2D eigenvalue weighted by Gasteiger charge is -2.49. The summed E-state index contributed by atoms with van der Waals surface area (Å²) >= 11 is 0. The highest BCUT2D eigenvalue weighted by Crippen LogP contribution is 2.65. The summed E-state index contributed by atoms with van der Waals surface area (Å²) in [7, 11) is 0. The van der Waals surface area contributed by atoms with Gasteiger partial charge in [0, 0.05) is 17.1 Å². The van der Waals surface area contributed by atoms with Gasteiger partial charge in [-0.25, -0.2) is 0 Å². The van der Waals surface area contributed by atoms with E-state index in [1.807, 2.05) is 0 Å². The molecule has 9 aromatic rings. The van der Waals surface area contributed by atoms with Crippen molar-refractivity contribution in [1.29, 1.82) is 0 Å². The Morgan fingerprint density at radius 3 is 1.33 bits per heavy atom. The minimum atomic E-state index is -0.586. The molecule has 1 nitrogen and oxygen atoms in total. The zero-order valence-corrected chi connectivity index (χ0v) is 31.5. The summed E-state index contributed by atoms with van der Waals surface area (Å²) < 4.78 is 0. The van der Waals surface area contributed by atoms with Crippen LogP contribution in [0.1, 0.15) is 44.5 Å². The maximum absolute atomic E-state index is 2.45. The Bertz CT molecular complexity index is 2840. The largest absolute Gasteiger partial charge is 0.311 e. The Balaban J connectivity index is 1.14. The van der Waals surface area contributed by atoms with Gasteiger partial charge >= 0.3 is 0 Å². The second-order valence-electron chi connectivity index (χ2n) is 15.2. The van der Waals surface area contributed by atoms with Gasteiger partial charge in [-0.15, -0.1) is 0 Å². The number of benzene rings is 9. The molecule has 2 aliphatic rings. The third kappa shape index (κ3) is 4.82. The summed E-state index contributed by atoms with van der Waals surface area (Å²) in [5.41, 5.74) is 17.8. The van der Waals surface area contributed by atoms with Crippen LogP contribution < -0.4 is 4.90 Å². The molecule has 0 radical (unpaired) electrons. The van der Waals surface area contributed by atoms with Crippen LogP contribution in [-0.2, 0) is 10.8 Å². The highest BCUT2D eigenvalue weighted by molar-refractivity contribution is 5.92. The Hall–Kier alpha value is -7.22. The van der Waals surface area contributed by atoms with Crippen molar-refractivity contribution in [1.82, 2.24) is 0 Å². The molecule has 11 rings (SSSR count). The van der Waals surface area contributed by atoms with E-state index in [0.29, 0.717) is 0 Å². The van der Waals surface area contributed by atoms with Gasteiger partial charge in [0.1, 0.15) is 0 Å². The van der Waals surface area contributed by atoms with Crippen LogP contribution in [-0.4, -0.2) is 0 Å². The molecule has 9 aromatic carbocycles. The molecule has 0 aromatic heterocycles. The number of hydrogen-bond acceptors (Lipinski definition) is 1. The molecule has 0 fully saturated rings. The Morgan fingerprint density at radius 1 is 0.263 bits per heavy atom. The molecule has 0 amide bonds. The van der Waals surface area contributed by atoms with Crippen LogP contribution in [0, 0.1) is 0 Å². The van der Waals surface area contributed by atoms with Crippen molar-refractivity contribution < 1.29 is 0 Å². The van der Waals surface area contributed by atoms with Gasteiger partial charge < -0.3 is 4.90 Å². The molecule has 1 heteroatoms. The van der Waals surface area contributed by atoms with Crippen LogP contribution in [0.2, 0.25) is 0 Å². The molecule has 57 heavy (non-hydrogen) atoms. The monoisotopic (exact) mass is 725 g/mol. The minimum absolute atomic E-state index is 0.463. The quantitative estimate of drug-likeness (QED) is 0.158. The predicted molar refractivity (Wildman–Crippen MR) is 236 cm³/mol. The molecular formula is C56H39N. The van der Waals surface area contributed by atoms with Gasteiger partial charge in [-0.1, -0.05) is 194 Å². The van der Waals surface area contributed by atoms with Crippen molar-refractivity contribution in [3.8, 4) is 22.3 Å². The summed E-state index contributed by atoms with van der Waals surface area (Å²) in [5.74, 6) is 0. The lowest BCUT2D eigenvalue weighted by atomic mass is 9.51. The van der Waals surface area contributed by atoms with Crippen LogP contribution >= 0.6 is 0 Å². The van der Waals surface area contributed by atoms with Crippen molar-refractivity contribution in [2.45, 2.75) is 10.8 Å². The molecule has 0 saturated carbocycles. The van der Waals surface area contributed by atoms with E-state index < -0.39 is 10.8 Å². The predicted octanol–water partition coefficient (Wildman–Crippen LogP) is 13.9. The van der Waals surface area contributed by atoms with Crippen molar-refractivity contribution >= 4 is 17.1 Å². The number of anilines is 3. The second-order valence-corrected chi connectivity index (χ2v) is 15.2. The van der Waals surface area contributed by atoms with E-state index >= 15 is 0 Å². The molecular weight excluding hydrogens is 687 g/mol. The maximum Gasteiger partial charge on any atom is 0.0720 e. The van der Waals surface area contributed by atoms with Crippen LogP contribution in [0.4, 0.5) is 17.1 Å². The van der Waals surface area contributed by atoms with E-state index in [9.17, 15) is 0 Å². The van der Waals surface area contributed by atoms with Crippen molar-refractivity contribution in [3.63, 3.8) is 0 Å². The molecule has 0 N–H and O–H groups in total. The molecule has 268 valence electrons. The lowest BCUT2D eigenvalue weighted by Crippen LogP contribution is -2.44. The van der Waals surface area contributed by atoms with Crippen molar-refractivity contribution in [2.24, 2.45) is 0 Å². The fourth-order valence-electron chi connectivity index (χ4n) is 10.2. The van der Waals surface area contributed by atoms with E-state index in [-0.39, 0.29) is 0 Å². The standard InChI is InChI=1S/C56H39N/c1-5-20-42(21-6-1)55(44-24-17-19-41(39-44)40-35-37-47(38-36-40)57(45-25-9-3-10-26-45)46-27-11-4-12-28-46)51-32-15-16-33-52(51)56(43-22-7-2-8-23-43)50-31-14-13-29-48(50)49-30-18-34-53(55)54(49)56/h1-39H. The molecule has 0 bridgehead atoms. The number of fused-ring (bicyclic) bond motifs is 5. The van der Waals surface area contributed by atoms with Gasteiger partial charge in [0.25, 0.3) is 0 Å². The molecule has 2 aliphatic carbocycles. The molecule has 0 heterocycles. The summed E-state index contributed by atoms with van der Waals surface area (Å²) in [4.78, 5) is 2.32. The highest BCUT2D eigenvalue weighted by atomic mass is 15.1. The van der Waals surface area contributed by atoms with Gasteiger partial charge in [-0.05, 0) is 109 Å². The minimum Gasteiger partial charge on any atom is -0.311 e. The summed E-state index contributed by atoms with van der Waals surface area (Å²) in [6, 6.07) is 87.3. The summed E-state index contributed by atoms with van der Waals surface area (Å²) in [5, 5.41) is 0. The van der Waals surface area contributed by atoms with Gasteiger partial charge in [-0.3, -0.25) is 0 Å². The highest BCUT2D eigenvalue weighted by Gasteiger charge is 2.57. The van der Waals surface area contributed by atoms with Crippen molar-refractivity contribution in [3.05, 3.63) is 281 Å². The van der Waals surface area contributed by atoms with Crippen LogP contribution in [0.3, 0.4) is 0 Å². The van der Waals surface area contributed by atoms with Crippen LogP contribution in [0.5, 0.6) is 0 Å². The number of rotatable bonds is 7. The first-order valence-electron chi connectivity index (χ1n) is 19.9. The normalized spacial score (nSPS) is 17.3. The molecule has 0 aliphatic heterocycles. The van der Waals surface area contributed by atoms with E-state index in [0.717, 1.165) is 17.1 Å². The van der Waals surface area contributed by atoms with Crippen molar-refractivity contribution in [2.75, 3.05) is 4.90 Å². The van der Waals surface area contributed by atoms with E-state index in [1.54, 1.807) is 0 Å². The summed E-state index contributed by atoms with van der Waals surface area (Å²) in [6.07, 6.45) is 0. The number of para-hydroxylation sites is 2. The topological polar surface area (TPSA) is 3.24 Å². The third-order valence-electron chi connectivity index (χ3n) is 12.4. The lowest BCUT2D eigenvalue weighted by molar-refractivity contribution is 0.627. The second kappa shape index (κ2) is 13.2. The molecule has 2 unspecified atom stereocenters. The van der Waals surface area contributed by atoms with Crippen LogP contribution in [0.15, 0.2) is 237 Å². The smallest absolute Gasteiger partial charge is 0.0720 e. The Kier molecular flexibility index (Phi) is 7.69. The van der Waals surface area contributed by atoms with E-state index in [4.69, 9.17) is 0 Å². The first-order valence-corrected chi connectivity index (χ1v) is 19.9. The average molecular weight is 726 g/mol. The first-order chi connectivity index (χ1) is 28.3. The number of nitrogens with zero attached hydrogens (tertiary/aromatic N) is 1. The fraction of sp³-hybridized carbons (Fsp3) is 0.0357. The number of hydrogen-bond donors (Lipinski definition) is 0. The fourth-order valence-corrected chi connectivity index (χ4v) is 10.2. The zero-order chi connectivity index (χ0) is 37.8. The van der Waals surface area contributed by atoms with Gasteiger partial charge in [0.05, 0.1) is 10.8 Å². The molecule has 2 atom stereocenters. The Morgan fingerprint density at radius 2 is 0.702 bits per heavy atom. The Labute approximate surface area is 334 Å². The molecule has 0 spiro atoms. The summed E-state index contributed by atoms with van der Waals surface area (Å²) in [6.45, 7) is 0. The molecule has 0 saturated heterocycles. The SMILES string of the molecule is c1ccc(N(c2ccccc2)c2ccc(-c3cccc(C4(c5ccccc5)c5ccccc5C5(c6ccccc6)c6ccccc6-c6cccc4c65)c3)cc2)cc1. The van der Waals surface area contributed by atoms with Crippen LogP contribution in [0.25, 0.3) is 22.3 Å². The van der Waals surface area contributed by atoms with Gasteiger partial charge in [0.2, 0.25) is 0 Å². The maximum atomic E-state index is 2.45. The first kappa shape index (κ1) is 33.1. The van der Waals surface area contributed by atoms with E-state index in [1.165, 1.54) is 66.8 Å². The van der Waals surface area contributed by atoms with Gasteiger partial charge in [-0.2, -0.15) is 0 Å². The average Bonchev–Trinajstić information content (AvgIpc) is 3.61. The van der Waals surface area contributed by atoms with E-state index in [2.05, 4.69) is 241 Å².